The second-order valence-corrected chi connectivity index (χ2v) is 6.98. The predicted molar refractivity (Wildman–Crippen MR) is 76.0 cm³/mol. The van der Waals surface area contributed by atoms with Crippen LogP contribution in [-0.4, -0.2) is 18.5 Å². The maximum absolute atomic E-state index is 13.6. The first-order chi connectivity index (χ1) is 9.83. The van der Waals surface area contributed by atoms with Crippen LogP contribution in [0.3, 0.4) is 0 Å². The van der Waals surface area contributed by atoms with E-state index in [2.05, 4.69) is 9.71 Å². The summed E-state index contributed by atoms with van der Waals surface area (Å²) in [5.41, 5.74) is 0.486. The first-order valence-corrected chi connectivity index (χ1v) is 8.26. The fourth-order valence-corrected chi connectivity index (χ4v) is 3.46. The highest BCUT2D eigenvalue weighted by atomic mass is 32.2. The van der Waals surface area contributed by atoms with Gasteiger partial charge in [-0.25, -0.2) is 17.5 Å². The molecular weight excluding hydrogens is 319 g/mol. The van der Waals surface area contributed by atoms with Gasteiger partial charge in [-0.1, -0.05) is 11.3 Å². The van der Waals surface area contributed by atoms with Crippen molar-refractivity contribution in [2.24, 2.45) is 0 Å². The molecule has 21 heavy (non-hydrogen) atoms. The molecular formula is C12H13FN2O4S2. The average molecular weight is 332 g/mol. The van der Waals surface area contributed by atoms with Crippen LogP contribution in [0.5, 0.6) is 0 Å². The summed E-state index contributed by atoms with van der Waals surface area (Å²) in [6, 6.07) is 2.27. The number of aromatic nitrogens is 1. The summed E-state index contributed by atoms with van der Waals surface area (Å²) in [5, 5.41) is 10.6. The van der Waals surface area contributed by atoms with Crippen molar-refractivity contribution in [3.63, 3.8) is 0 Å². The number of benzene rings is 1. The third kappa shape index (κ3) is 3.56. The van der Waals surface area contributed by atoms with Crippen molar-refractivity contribution < 1.29 is 17.9 Å². The molecule has 9 heteroatoms. The lowest BCUT2D eigenvalue weighted by molar-refractivity contribution is 0.275. The van der Waals surface area contributed by atoms with E-state index < -0.39 is 22.4 Å². The predicted octanol–water partition coefficient (Wildman–Crippen LogP) is 0.855. The standard InChI is InChI=1S/C12H13FN2O4S2/c1-7-2-10(3-8(5-16)11(7)13)21(18,19)14-4-9-6-20-12(17)15-9/h2-3,6,14,16H,4-5H2,1H3,(H,15,17). The monoisotopic (exact) mass is 332 g/mol. The average Bonchev–Trinajstić information content (AvgIpc) is 2.85. The summed E-state index contributed by atoms with van der Waals surface area (Å²) in [6.07, 6.45) is 0. The number of sulfonamides is 1. The molecule has 0 aliphatic rings. The minimum atomic E-state index is -3.87. The zero-order valence-corrected chi connectivity index (χ0v) is 12.6. The summed E-state index contributed by atoms with van der Waals surface area (Å²) in [6.45, 7) is 0.754. The quantitative estimate of drug-likeness (QED) is 0.756. The molecule has 0 spiro atoms. The highest BCUT2D eigenvalue weighted by Crippen LogP contribution is 2.19. The Morgan fingerprint density at radius 2 is 2.14 bits per heavy atom. The first-order valence-electron chi connectivity index (χ1n) is 5.89. The Labute approximate surface area is 124 Å². The number of aryl methyl sites for hydroxylation is 1. The van der Waals surface area contributed by atoms with E-state index >= 15 is 0 Å². The van der Waals surface area contributed by atoms with E-state index in [1.54, 1.807) is 0 Å². The minimum absolute atomic E-state index is 0.0774. The number of thiazole rings is 1. The molecule has 114 valence electrons. The van der Waals surface area contributed by atoms with Crippen molar-refractivity contribution >= 4 is 21.4 Å². The third-order valence-electron chi connectivity index (χ3n) is 2.81. The van der Waals surface area contributed by atoms with Gasteiger partial charge >= 0.3 is 4.87 Å². The molecule has 0 aliphatic carbocycles. The van der Waals surface area contributed by atoms with Crippen LogP contribution in [0.25, 0.3) is 0 Å². The fraction of sp³-hybridized carbons (Fsp3) is 0.250. The number of hydrogen-bond donors (Lipinski definition) is 3. The van der Waals surface area contributed by atoms with Crippen LogP contribution in [0.15, 0.2) is 27.2 Å². The maximum atomic E-state index is 13.6. The summed E-state index contributed by atoms with van der Waals surface area (Å²) < 4.78 is 40.2. The van der Waals surface area contributed by atoms with Gasteiger partial charge in [0.25, 0.3) is 0 Å². The molecule has 0 radical (unpaired) electrons. The number of hydrogen-bond acceptors (Lipinski definition) is 5. The normalized spacial score (nSPS) is 11.8. The van der Waals surface area contributed by atoms with Gasteiger partial charge in [-0.15, -0.1) is 0 Å². The first kappa shape index (κ1) is 15.8. The van der Waals surface area contributed by atoms with Gasteiger partial charge in [0, 0.05) is 16.6 Å². The summed E-state index contributed by atoms with van der Waals surface area (Å²) in [4.78, 5) is 13.0. The SMILES string of the molecule is Cc1cc(S(=O)(=O)NCc2csc(=O)[nH]2)cc(CO)c1F. The van der Waals surface area contributed by atoms with Gasteiger partial charge in [-0.2, -0.15) is 0 Å². The van der Waals surface area contributed by atoms with Crippen LogP contribution in [0.2, 0.25) is 0 Å². The molecule has 0 unspecified atom stereocenters. The van der Waals surface area contributed by atoms with E-state index in [1.165, 1.54) is 18.4 Å². The molecule has 6 nitrogen and oxygen atoms in total. The molecule has 0 saturated carbocycles. The zero-order valence-electron chi connectivity index (χ0n) is 11.0. The van der Waals surface area contributed by atoms with E-state index in [1.807, 2.05) is 0 Å². The number of aliphatic hydroxyl groups is 1. The van der Waals surface area contributed by atoms with Gasteiger partial charge in [0.05, 0.1) is 18.0 Å². The van der Waals surface area contributed by atoms with Crippen molar-refractivity contribution in [1.29, 1.82) is 0 Å². The number of nitrogens with one attached hydrogen (secondary N) is 2. The smallest absolute Gasteiger partial charge is 0.304 e. The second-order valence-electron chi connectivity index (χ2n) is 4.37. The van der Waals surface area contributed by atoms with Gasteiger partial charge in [0.1, 0.15) is 5.82 Å². The molecule has 0 bridgehead atoms. The van der Waals surface area contributed by atoms with Crippen molar-refractivity contribution in [2.45, 2.75) is 25.0 Å². The Bertz CT molecular complexity index is 811. The van der Waals surface area contributed by atoms with E-state index in [4.69, 9.17) is 5.11 Å². The van der Waals surface area contributed by atoms with Crippen LogP contribution in [0, 0.1) is 12.7 Å². The minimum Gasteiger partial charge on any atom is -0.392 e. The van der Waals surface area contributed by atoms with Crippen molar-refractivity contribution in [2.75, 3.05) is 0 Å². The molecule has 2 aromatic rings. The number of rotatable bonds is 5. The number of aliphatic hydroxyl groups excluding tert-OH is 1. The summed E-state index contributed by atoms with van der Waals surface area (Å²) >= 11 is 0.933. The molecule has 1 aromatic heterocycles. The van der Waals surface area contributed by atoms with Gasteiger partial charge in [-0.05, 0) is 24.6 Å². The molecule has 0 atom stereocenters. The van der Waals surface area contributed by atoms with Gasteiger partial charge < -0.3 is 10.1 Å². The van der Waals surface area contributed by atoms with Crippen molar-refractivity contribution in [3.05, 3.63) is 49.8 Å². The third-order valence-corrected chi connectivity index (χ3v) is 4.91. The van der Waals surface area contributed by atoms with Gasteiger partial charge in [-0.3, -0.25) is 4.79 Å². The second kappa shape index (κ2) is 6.06. The van der Waals surface area contributed by atoms with Gasteiger partial charge in [0.15, 0.2) is 0 Å². The topological polar surface area (TPSA) is 99.3 Å². The van der Waals surface area contributed by atoms with Crippen molar-refractivity contribution in [3.8, 4) is 0 Å². The number of aromatic amines is 1. The Kier molecular flexibility index (Phi) is 4.57. The molecule has 0 aliphatic heterocycles. The zero-order chi connectivity index (χ0) is 15.6. The molecule has 0 saturated heterocycles. The number of halogens is 1. The Morgan fingerprint density at radius 3 is 2.71 bits per heavy atom. The van der Waals surface area contributed by atoms with E-state index in [0.717, 1.165) is 17.4 Å². The van der Waals surface area contributed by atoms with Crippen LogP contribution in [0.4, 0.5) is 4.39 Å². The summed E-state index contributed by atoms with van der Waals surface area (Å²) in [5.74, 6) is -0.626. The molecule has 3 N–H and O–H groups in total. The number of H-pyrrole nitrogens is 1. The summed E-state index contributed by atoms with van der Waals surface area (Å²) in [7, 11) is -3.87. The Hall–Kier alpha value is -1.55. The van der Waals surface area contributed by atoms with E-state index in [9.17, 15) is 17.6 Å². The lowest BCUT2D eigenvalue weighted by Gasteiger charge is -2.09. The lowest BCUT2D eigenvalue weighted by Crippen LogP contribution is -2.24. The largest absolute Gasteiger partial charge is 0.392 e. The van der Waals surface area contributed by atoms with Crippen molar-refractivity contribution in [1.82, 2.24) is 9.71 Å². The Morgan fingerprint density at radius 1 is 1.43 bits per heavy atom. The van der Waals surface area contributed by atoms with E-state index in [0.29, 0.717) is 5.69 Å². The Balaban J connectivity index is 2.27. The molecule has 0 fully saturated rings. The molecule has 1 heterocycles. The van der Waals surface area contributed by atoms with Crippen LogP contribution >= 0.6 is 11.3 Å². The maximum Gasteiger partial charge on any atom is 0.304 e. The lowest BCUT2D eigenvalue weighted by atomic mass is 10.1. The highest BCUT2D eigenvalue weighted by Gasteiger charge is 2.18. The van der Waals surface area contributed by atoms with Crippen LogP contribution < -0.4 is 9.60 Å². The van der Waals surface area contributed by atoms with E-state index in [-0.39, 0.29) is 27.4 Å². The van der Waals surface area contributed by atoms with Gasteiger partial charge in [0.2, 0.25) is 10.0 Å². The molecule has 0 amide bonds. The van der Waals surface area contributed by atoms with Crippen LogP contribution in [-0.2, 0) is 23.2 Å². The molecule has 2 rings (SSSR count). The highest BCUT2D eigenvalue weighted by molar-refractivity contribution is 7.89. The fourth-order valence-electron chi connectivity index (χ4n) is 1.73. The molecule has 1 aromatic carbocycles. The van der Waals surface area contributed by atoms with Crippen LogP contribution in [0.1, 0.15) is 16.8 Å².